The summed E-state index contributed by atoms with van der Waals surface area (Å²) in [4.78, 5) is 25.3. The summed E-state index contributed by atoms with van der Waals surface area (Å²) in [6.45, 7) is 4.20. The number of carbonyl (C=O) groups excluding carboxylic acids is 1. The van der Waals surface area contributed by atoms with Gasteiger partial charge < -0.3 is 35.8 Å². The number of aliphatic carboxylic acids is 1. The highest BCUT2D eigenvalue weighted by Gasteiger charge is 2.31. The van der Waals surface area contributed by atoms with Crippen molar-refractivity contribution in [3.05, 3.63) is 95.9 Å². The first-order chi connectivity index (χ1) is 22.0. The monoisotopic (exact) mass is 646 g/mol. The van der Waals surface area contributed by atoms with E-state index in [1.807, 2.05) is 48.7 Å². The highest BCUT2D eigenvalue weighted by molar-refractivity contribution is 7.80. The van der Waals surface area contributed by atoms with Crippen molar-refractivity contribution in [2.24, 2.45) is 0 Å². The van der Waals surface area contributed by atoms with Crippen molar-refractivity contribution in [2.75, 3.05) is 17.7 Å². The van der Waals surface area contributed by atoms with Gasteiger partial charge in [-0.1, -0.05) is 44.2 Å². The predicted molar refractivity (Wildman–Crippen MR) is 183 cm³/mol. The number of aromatic nitrogens is 1. The molecule has 0 aliphatic carbocycles. The third-order valence-corrected chi connectivity index (χ3v) is 7.83. The smallest absolute Gasteiger partial charge is 0.305 e. The van der Waals surface area contributed by atoms with E-state index >= 15 is 0 Å². The second-order valence-electron chi connectivity index (χ2n) is 11.3. The summed E-state index contributed by atoms with van der Waals surface area (Å²) in [6, 6.07) is 22.7. The number of nitrogens with one attached hydrogen (secondary N) is 3. The Morgan fingerprint density at radius 2 is 1.48 bits per heavy atom. The molecular formula is C35H39FN4O5S. The van der Waals surface area contributed by atoms with E-state index < -0.39 is 30.4 Å². The Morgan fingerprint density at radius 1 is 0.870 bits per heavy atom. The minimum atomic E-state index is -1.20. The summed E-state index contributed by atoms with van der Waals surface area (Å²) in [5.41, 5.74) is 5.28. The van der Waals surface area contributed by atoms with Gasteiger partial charge in [0.05, 0.1) is 29.9 Å². The van der Waals surface area contributed by atoms with Crippen molar-refractivity contribution in [1.29, 1.82) is 0 Å². The number of aliphatic hydroxyl groups excluding tert-OH is 2. The van der Waals surface area contributed by atoms with E-state index in [-0.39, 0.29) is 31.2 Å². The summed E-state index contributed by atoms with van der Waals surface area (Å²) < 4.78 is 16.1. The molecule has 0 saturated carbocycles. The number of thiocarbonyl (C=S) groups is 1. The van der Waals surface area contributed by atoms with Crippen molar-refractivity contribution in [1.82, 2.24) is 9.88 Å². The number of hydrogen-bond donors (Lipinski definition) is 6. The van der Waals surface area contributed by atoms with Crippen molar-refractivity contribution in [3.8, 4) is 22.4 Å². The maximum absolute atomic E-state index is 14.3. The summed E-state index contributed by atoms with van der Waals surface area (Å²) in [5, 5.41) is 39.3. The van der Waals surface area contributed by atoms with Crippen LogP contribution < -0.4 is 16.0 Å². The van der Waals surface area contributed by atoms with Gasteiger partial charge in [-0.15, -0.1) is 0 Å². The maximum Gasteiger partial charge on any atom is 0.305 e. The topological polar surface area (TPSA) is 136 Å². The number of benzene rings is 3. The molecule has 1 amide bonds. The fourth-order valence-corrected chi connectivity index (χ4v) is 5.63. The molecule has 4 rings (SSSR count). The first-order valence-electron chi connectivity index (χ1n) is 15.0. The molecule has 0 saturated heterocycles. The number of carboxylic acids is 1. The van der Waals surface area contributed by atoms with Gasteiger partial charge in [0, 0.05) is 36.2 Å². The standard InChI is InChI=1S/C35H39FN4O5S/c1-21(2)32-31(34(45)38-25-13-15-26(16-14-25)39-35(46)37-3)30(22-7-5-4-6-8-22)33(23-9-11-24(36)12-10-23)40(32)18-17-27(41)19-28(42)20-29(43)44/h4-16,21,27-28,41-42H,17-20H2,1-3H3,(H,38,45)(H,43,44)(H2,37,39,46)/t27-,28-/m1/s1. The lowest BCUT2D eigenvalue weighted by Crippen LogP contribution is -2.24. The van der Waals surface area contributed by atoms with Crippen LogP contribution >= 0.6 is 12.2 Å². The molecule has 0 aliphatic rings. The van der Waals surface area contributed by atoms with Crippen LogP contribution in [0.1, 0.15) is 55.1 Å². The zero-order valence-corrected chi connectivity index (χ0v) is 26.8. The van der Waals surface area contributed by atoms with Gasteiger partial charge in [-0.25, -0.2) is 4.39 Å². The van der Waals surface area contributed by atoms with Crippen LogP contribution in [0.2, 0.25) is 0 Å². The van der Waals surface area contributed by atoms with E-state index in [0.717, 1.165) is 11.3 Å². The average Bonchev–Trinajstić information content (AvgIpc) is 3.37. The Morgan fingerprint density at radius 3 is 2.04 bits per heavy atom. The molecule has 2 atom stereocenters. The van der Waals surface area contributed by atoms with Crippen LogP contribution in [0.25, 0.3) is 22.4 Å². The lowest BCUT2D eigenvalue weighted by molar-refractivity contribution is -0.139. The number of carbonyl (C=O) groups is 2. The molecule has 4 aromatic rings. The fourth-order valence-electron chi connectivity index (χ4n) is 5.51. The van der Waals surface area contributed by atoms with Crippen LogP contribution in [0.15, 0.2) is 78.9 Å². The van der Waals surface area contributed by atoms with Gasteiger partial charge in [-0.05, 0) is 90.6 Å². The van der Waals surface area contributed by atoms with Gasteiger partial charge in [-0.2, -0.15) is 0 Å². The third kappa shape index (κ3) is 8.57. The van der Waals surface area contributed by atoms with Gasteiger partial charge in [-0.3, -0.25) is 9.59 Å². The van der Waals surface area contributed by atoms with E-state index in [1.165, 1.54) is 12.1 Å². The SMILES string of the molecule is CNC(=S)Nc1ccc(NC(=O)c2c(-c3ccccc3)c(-c3ccc(F)cc3)n(CC[C@@H](O)C[C@@H](O)CC(=O)O)c2C(C)C)cc1. The molecule has 0 aliphatic heterocycles. The largest absolute Gasteiger partial charge is 0.481 e. The molecule has 1 heterocycles. The molecule has 0 unspecified atom stereocenters. The zero-order valence-electron chi connectivity index (χ0n) is 26.0. The van der Waals surface area contributed by atoms with Crippen molar-refractivity contribution in [2.45, 2.75) is 57.8 Å². The lowest BCUT2D eigenvalue weighted by Gasteiger charge is -2.20. The van der Waals surface area contributed by atoms with E-state index in [2.05, 4.69) is 16.0 Å². The van der Waals surface area contributed by atoms with Gasteiger partial charge in [0.15, 0.2) is 5.11 Å². The molecule has 0 radical (unpaired) electrons. The van der Waals surface area contributed by atoms with E-state index in [9.17, 15) is 24.2 Å². The molecule has 6 N–H and O–H groups in total. The van der Waals surface area contributed by atoms with Crippen LogP contribution in [0.3, 0.4) is 0 Å². The molecule has 3 aromatic carbocycles. The molecule has 0 bridgehead atoms. The minimum Gasteiger partial charge on any atom is -0.481 e. The summed E-state index contributed by atoms with van der Waals surface area (Å²) in [5.74, 6) is -2.04. The van der Waals surface area contributed by atoms with E-state index in [1.54, 1.807) is 43.4 Å². The Balaban J connectivity index is 1.84. The summed E-state index contributed by atoms with van der Waals surface area (Å²) in [6.07, 6.45) is -2.61. The van der Waals surface area contributed by atoms with Crippen molar-refractivity contribution < 1.29 is 29.3 Å². The highest BCUT2D eigenvalue weighted by atomic mass is 32.1. The number of aliphatic hydroxyl groups is 2. The number of hydrogen-bond acceptors (Lipinski definition) is 5. The van der Waals surface area contributed by atoms with Crippen LogP contribution in [0.4, 0.5) is 15.8 Å². The molecule has 9 nitrogen and oxygen atoms in total. The Hall–Kier alpha value is -4.58. The Labute approximate surface area is 273 Å². The Bertz CT molecular complexity index is 1660. The highest BCUT2D eigenvalue weighted by Crippen LogP contribution is 2.42. The fraction of sp³-hybridized carbons (Fsp3) is 0.286. The Kier molecular flexibility index (Phi) is 11.6. The molecular weight excluding hydrogens is 607 g/mol. The molecule has 11 heteroatoms. The van der Waals surface area contributed by atoms with Gasteiger partial charge in [0.2, 0.25) is 0 Å². The van der Waals surface area contributed by atoms with Crippen molar-refractivity contribution in [3.63, 3.8) is 0 Å². The first-order valence-corrected chi connectivity index (χ1v) is 15.4. The molecule has 46 heavy (non-hydrogen) atoms. The van der Waals surface area contributed by atoms with Gasteiger partial charge in [0.1, 0.15) is 5.82 Å². The number of rotatable bonds is 13. The normalized spacial score (nSPS) is 12.4. The first kappa shape index (κ1) is 34.3. The number of anilines is 2. The summed E-state index contributed by atoms with van der Waals surface area (Å²) in [7, 11) is 1.72. The average molecular weight is 647 g/mol. The van der Waals surface area contributed by atoms with Crippen LogP contribution in [-0.2, 0) is 11.3 Å². The van der Waals surface area contributed by atoms with Gasteiger partial charge in [0.25, 0.3) is 5.91 Å². The minimum absolute atomic E-state index is 0.112. The summed E-state index contributed by atoms with van der Waals surface area (Å²) >= 11 is 5.17. The van der Waals surface area contributed by atoms with Gasteiger partial charge >= 0.3 is 5.97 Å². The second kappa shape index (κ2) is 15.6. The van der Waals surface area contributed by atoms with E-state index in [0.29, 0.717) is 38.9 Å². The lowest BCUT2D eigenvalue weighted by atomic mass is 9.94. The van der Waals surface area contributed by atoms with Crippen LogP contribution in [-0.4, -0.2) is 56.1 Å². The van der Waals surface area contributed by atoms with Crippen LogP contribution in [0.5, 0.6) is 0 Å². The number of carboxylic acid groups (broad SMARTS) is 1. The molecule has 1 aromatic heterocycles. The molecule has 0 fully saturated rings. The van der Waals surface area contributed by atoms with E-state index in [4.69, 9.17) is 17.3 Å². The molecule has 0 spiro atoms. The number of amides is 1. The second-order valence-corrected chi connectivity index (χ2v) is 11.7. The van der Waals surface area contributed by atoms with Crippen LogP contribution in [0, 0.1) is 5.82 Å². The zero-order chi connectivity index (χ0) is 33.4. The quantitative estimate of drug-likeness (QED) is 0.0942. The maximum atomic E-state index is 14.3. The predicted octanol–water partition coefficient (Wildman–Crippen LogP) is 6.23. The number of nitrogens with zero attached hydrogens (tertiary/aromatic N) is 1. The third-order valence-electron chi connectivity index (χ3n) is 7.53. The number of halogens is 1. The molecule has 242 valence electrons. The van der Waals surface area contributed by atoms with Crippen molar-refractivity contribution >= 4 is 40.6 Å².